The van der Waals surface area contributed by atoms with Gasteiger partial charge in [0.15, 0.2) is 5.03 Å². The fourth-order valence-corrected chi connectivity index (χ4v) is 6.30. The molecule has 0 unspecified atom stereocenters. The number of hydrogen-bond acceptors (Lipinski definition) is 10. The van der Waals surface area contributed by atoms with Crippen molar-refractivity contribution in [3.63, 3.8) is 0 Å². The minimum atomic E-state index is -1.01. The first-order valence-corrected chi connectivity index (χ1v) is 16.4. The lowest BCUT2D eigenvalue weighted by Crippen LogP contribution is -2.56. The zero-order valence-corrected chi connectivity index (χ0v) is 26.1. The van der Waals surface area contributed by atoms with Crippen molar-refractivity contribution in [1.29, 1.82) is 0 Å². The molecule has 0 fully saturated rings. The second-order valence-corrected chi connectivity index (χ2v) is 12.8. The number of imidazole rings is 1. The Kier molecular flexibility index (Phi) is 14.1. The number of nitrogens with one attached hydrogen (secondary N) is 4. The van der Waals surface area contributed by atoms with Gasteiger partial charge in [-0.05, 0) is 34.8 Å². The summed E-state index contributed by atoms with van der Waals surface area (Å²) in [5.41, 5.74) is 1.25. The maximum atomic E-state index is 13.6. The summed E-state index contributed by atoms with van der Waals surface area (Å²) in [4.78, 5) is 61.6. The summed E-state index contributed by atoms with van der Waals surface area (Å²) in [5.74, 6) is -0.869. The van der Waals surface area contributed by atoms with Gasteiger partial charge in [0.25, 0.3) is 0 Å². The number of benzene rings is 1. The van der Waals surface area contributed by atoms with E-state index in [0.717, 1.165) is 16.4 Å². The number of aliphatic hydroxyl groups excluding tert-OH is 1. The van der Waals surface area contributed by atoms with E-state index in [-0.39, 0.29) is 42.5 Å². The Morgan fingerprint density at radius 3 is 2.39 bits per heavy atom. The van der Waals surface area contributed by atoms with Gasteiger partial charge in [0.05, 0.1) is 29.6 Å². The van der Waals surface area contributed by atoms with Crippen LogP contribution in [0.3, 0.4) is 0 Å². The molecule has 2 aromatic heterocycles. The van der Waals surface area contributed by atoms with Crippen LogP contribution in [0.4, 0.5) is 5.69 Å². The molecule has 3 aromatic rings. The van der Waals surface area contributed by atoms with Crippen LogP contribution in [0, 0.1) is 16.0 Å². The second kappa shape index (κ2) is 18.0. The first-order valence-electron chi connectivity index (χ1n) is 14.1. The average molecular weight is 644 g/mol. The van der Waals surface area contributed by atoms with Gasteiger partial charge in [-0.15, -0.1) is 0 Å². The van der Waals surface area contributed by atoms with Crippen LogP contribution in [-0.4, -0.2) is 73.2 Å². The van der Waals surface area contributed by atoms with Crippen LogP contribution in [0.15, 0.2) is 66.2 Å². The summed E-state index contributed by atoms with van der Waals surface area (Å²) in [6, 6.07) is 9.54. The number of pyridine rings is 1. The monoisotopic (exact) mass is 643 g/mol. The molecule has 0 radical (unpaired) electrons. The van der Waals surface area contributed by atoms with Crippen LogP contribution in [0.5, 0.6) is 0 Å². The molecule has 44 heavy (non-hydrogen) atoms. The Morgan fingerprint density at radius 1 is 1.00 bits per heavy atom. The van der Waals surface area contributed by atoms with Crippen molar-refractivity contribution < 1.29 is 24.4 Å². The van der Waals surface area contributed by atoms with Crippen LogP contribution in [0.1, 0.15) is 37.9 Å². The van der Waals surface area contributed by atoms with Crippen LogP contribution < -0.4 is 16.0 Å². The van der Waals surface area contributed by atoms with E-state index in [0.29, 0.717) is 17.9 Å². The van der Waals surface area contributed by atoms with E-state index in [2.05, 4.69) is 30.9 Å². The first kappa shape index (κ1) is 34.5. The van der Waals surface area contributed by atoms with Crippen LogP contribution in [-0.2, 0) is 27.2 Å². The number of aromatic amines is 1. The molecular formula is C29H37N7O6S2. The summed E-state index contributed by atoms with van der Waals surface area (Å²) < 4.78 is 0. The summed E-state index contributed by atoms with van der Waals surface area (Å²) in [6.45, 7) is 3.71. The molecule has 0 aliphatic carbocycles. The highest BCUT2D eigenvalue weighted by atomic mass is 33.1. The molecule has 2 heterocycles. The number of carbonyl (C=O) groups excluding carboxylic acids is 3. The number of H-pyrrole nitrogens is 1. The summed E-state index contributed by atoms with van der Waals surface area (Å²) in [5, 5.41) is 29.6. The largest absolute Gasteiger partial charge is 0.394 e. The number of nitro groups is 1. The summed E-state index contributed by atoms with van der Waals surface area (Å²) in [7, 11) is 2.34. The van der Waals surface area contributed by atoms with E-state index in [1.807, 2.05) is 44.2 Å². The number of hydrogen-bond donors (Lipinski definition) is 5. The lowest BCUT2D eigenvalue weighted by Gasteiger charge is -2.25. The Morgan fingerprint density at radius 2 is 1.73 bits per heavy atom. The number of amides is 3. The number of carbonyl (C=O) groups is 3. The molecule has 15 heteroatoms. The number of nitrogens with zero attached hydrogens (tertiary/aromatic N) is 3. The maximum absolute atomic E-state index is 13.6. The van der Waals surface area contributed by atoms with Gasteiger partial charge in [-0.1, -0.05) is 55.0 Å². The third kappa shape index (κ3) is 11.6. The minimum Gasteiger partial charge on any atom is -0.394 e. The van der Waals surface area contributed by atoms with E-state index >= 15 is 0 Å². The number of aliphatic hydroxyl groups is 1. The highest BCUT2D eigenvalue weighted by Gasteiger charge is 2.29. The molecule has 5 N–H and O–H groups in total. The van der Waals surface area contributed by atoms with Gasteiger partial charge in [-0.2, -0.15) is 0 Å². The van der Waals surface area contributed by atoms with E-state index < -0.39 is 40.8 Å². The zero-order valence-electron chi connectivity index (χ0n) is 24.5. The summed E-state index contributed by atoms with van der Waals surface area (Å²) in [6.07, 6.45) is 5.45. The Hall–Kier alpha value is -3.95. The molecule has 1 aromatic carbocycles. The van der Waals surface area contributed by atoms with Gasteiger partial charge in [0.1, 0.15) is 12.1 Å². The standard InChI is InChI=1S/C29H37N7O6S2/c1-19(2)13-22(17-37)33-27(39)24(15-21-16-30-18-32-21)35-28(40)23(14-20-7-4-3-5-8-20)34-26(38)10-12-43-44-29-25(36(41)42)9-6-11-31-29/h3-9,11,16,18-19,22-24,37H,10,12-15,17H2,1-2H3,(H,30,32)(H,33,39)(H,34,38)(H,35,40)/t22-,23-,24-/m0/s1. The van der Waals surface area contributed by atoms with E-state index in [9.17, 15) is 29.6 Å². The van der Waals surface area contributed by atoms with Crippen LogP contribution in [0.2, 0.25) is 0 Å². The topological polar surface area (TPSA) is 192 Å². The molecule has 236 valence electrons. The van der Waals surface area contributed by atoms with Crippen molar-refractivity contribution in [2.45, 2.75) is 62.7 Å². The van der Waals surface area contributed by atoms with Crippen molar-refractivity contribution in [3.05, 3.63) is 82.6 Å². The lowest BCUT2D eigenvalue weighted by atomic mass is 10.0. The minimum absolute atomic E-state index is 0.0431. The molecule has 3 atom stereocenters. The second-order valence-electron chi connectivity index (χ2n) is 10.4. The maximum Gasteiger partial charge on any atom is 0.302 e. The Labute approximate surface area is 263 Å². The van der Waals surface area contributed by atoms with Gasteiger partial charge in [0, 0.05) is 43.5 Å². The van der Waals surface area contributed by atoms with E-state index in [1.165, 1.54) is 35.5 Å². The fraction of sp³-hybridized carbons (Fsp3) is 0.414. The zero-order chi connectivity index (χ0) is 31.9. The molecule has 0 aliphatic rings. The van der Waals surface area contributed by atoms with Crippen LogP contribution in [0.25, 0.3) is 0 Å². The van der Waals surface area contributed by atoms with Crippen molar-refractivity contribution >= 4 is 45.0 Å². The average Bonchev–Trinajstić information content (AvgIpc) is 3.52. The normalized spacial score (nSPS) is 13.1. The lowest BCUT2D eigenvalue weighted by molar-refractivity contribution is -0.388. The number of rotatable bonds is 18. The molecule has 0 saturated heterocycles. The third-order valence-electron chi connectivity index (χ3n) is 6.36. The SMILES string of the molecule is CC(C)C[C@@H](CO)NC(=O)[C@H](Cc1c[nH]cn1)NC(=O)[C@H](Cc1ccccc1)NC(=O)CCSSc1ncccc1[N+](=O)[O-]. The highest BCUT2D eigenvalue weighted by Crippen LogP contribution is 2.35. The number of aromatic nitrogens is 3. The molecule has 0 saturated carbocycles. The van der Waals surface area contributed by atoms with Crippen LogP contribution >= 0.6 is 21.6 Å². The molecule has 0 spiro atoms. The first-order chi connectivity index (χ1) is 21.2. The molecule has 3 rings (SSSR count). The van der Waals surface area contributed by atoms with Crippen molar-refractivity contribution in [2.75, 3.05) is 12.4 Å². The highest BCUT2D eigenvalue weighted by molar-refractivity contribution is 8.76. The molecule has 0 bridgehead atoms. The van der Waals surface area contributed by atoms with Gasteiger partial charge in [0.2, 0.25) is 17.7 Å². The van der Waals surface area contributed by atoms with E-state index in [4.69, 9.17) is 0 Å². The predicted octanol–water partition coefficient (Wildman–Crippen LogP) is 2.82. The van der Waals surface area contributed by atoms with E-state index in [1.54, 1.807) is 6.20 Å². The predicted molar refractivity (Wildman–Crippen MR) is 169 cm³/mol. The smallest absolute Gasteiger partial charge is 0.302 e. The van der Waals surface area contributed by atoms with Gasteiger partial charge in [-0.3, -0.25) is 24.5 Å². The molecule has 0 aliphatic heterocycles. The fourth-order valence-electron chi connectivity index (χ4n) is 4.29. The summed E-state index contributed by atoms with van der Waals surface area (Å²) >= 11 is 0. The Bertz CT molecular complexity index is 1360. The molecular weight excluding hydrogens is 606 g/mol. The van der Waals surface area contributed by atoms with Crippen molar-refractivity contribution in [3.8, 4) is 0 Å². The van der Waals surface area contributed by atoms with Gasteiger partial charge < -0.3 is 26.0 Å². The van der Waals surface area contributed by atoms with Gasteiger partial charge in [-0.25, -0.2) is 9.97 Å². The molecule has 13 nitrogen and oxygen atoms in total. The Balaban J connectivity index is 1.68. The third-order valence-corrected chi connectivity index (χ3v) is 8.64. The van der Waals surface area contributed by atoms with Crippen molar-refractivity contribution in [1.82, 2.24) is 30.9 Å². The van der Waals surface area contributed by atoms with Crippen molar-refractivity contribution in [2.24, 2.45) is 5.92 Å². The molecule has 3 amide bonds. The quantitative estimate of drug-likeness (QED) is 0.0596. The van der Waals surface area contributed by atoms with Gasteiger partial charge >= 0.3 is 5.69 Å².